The number of hydrogen-bond acceptors (Lipinski definition) is 7. The summed E-state index contributed by atoms with van der Waals surface area (Å²) in [6.45, 7) is 4.20. The smallest absolute Gasteiger partial charge is 0.220 e. The molecule has 0 radical (unpaired) electrons. The van der Waals surface area contributed by atoms with Crippen molar-refractivity contribution in [3.8, 4) is 22.8 Å². The second-order valence-electron chi connectivity index (χ2n) is 10.3. The Labute approximate surface area is 245 Å². The van der Waals surface area contributed by atoms with Gasteiger partial charge in [-0.25, -0.2) is 0 Å². The molecule has 0 bridgehead atoms. The molecule has 1 aromatic heterocycles. The molecule has 2 atom stereocenters. The Morgan fingerprint density at radius 3 is 2.41 bits per heavy atom. The summed E-state index contributed by atoms with van der Waals surface area (Å²) in [5.74, 6) is 1.69. The molecule has 214 valence electrons. The fourth-order valence-corrected chi connectivity index (χ4v) is 5.74. The van der Waals surface area contributed by atoms with Crippen LogP contribution >= 0.6 is 11.8 Å². The van der Waals surface area contributed by atoms with Gasteiger partial charge in [0.2, 0.25) is 5.91 Å². The van der Waals surface area contributed by atoms with Gasteiger partial charge in [0.1, 0.15) is 11.9 Å². The molecular weight excluding hydrogens is 536 g/mol. The average molecular weight is 573 g/mol. The van der Waals surface area contributed by atoms with Crippen molar-refractivity contribution in [2.75, 3.05) is 19.5 Å². The van der Waals surface area contributed by atoms with Crippen molar-refractivity contribution < 1.29 is 19.0 Å². The molecule has 1 aliphatic rings. The van der Waals surface area contributed by atoms with Crippen LogP contribution in [-0.4, -0.2) is 52.0 Å². The highest BCUT2D eigenvalue weighted by atomic mass is 32.2. The van der Waals surface area contributed by atoms with E-state index in [-0.39, 0.29) is 18.1 Å². The Morgan fingerprint density at radius 1 is 1.00 bits per heavy atom. The van der Waals surface area contributed by atoms with Gasteiger partial charge in [-0.2, -0.15) is 0 Å². The summed E-state index contributed by atoms with van der Waals surface area (Å²) < 4.78 is 19.5. The van der Waals surface area contributed by atoms with Crippen LogP contribution in [0.25, 0.3) is 17.1 Å². The largest absolute Gasteiger partial charge is 0.497 e. The topological polar surface area (TPSA) is 87.5 Å². The summed E-state index contributed by atoms with van der Waals surface area (Å²) in [4.78, 5) is 12.9. The minimum atomic E-state index is -0.703. The summed E-state index contributed by atoms with van der Waals surface area (Å²) in [6, 6.07) is 27.7. The van der Waals surface area contributed by atoms with Crippen LogP contribution < -0.4 is 10.1 Å². The van der Waals surface area contributed by atoms with E-state index in [1.807, 2.05) is 98.8 Å². The Hall–Kier alpha value is -3.66. The highest BCUT2D eigenvalue weighted by Gasteiger charge is 2.38. The molecule has 2 heterocycles. The molecule has 0 saturated carbocycles. The van der Waals surface area contributed by atoms with Crippen LogP contribution in [0.4, 0.5) is 0 Å². The molecular formula is C32H36N4O4S. The van der Waals surface area contributed by atoms with Crippen molar-refractivity contribution in [1.82, 2.24) is 20.1 Å². The molecule has 9 heteroatoms. The van der Waals surface area contributed by atoms with Gasteiger partial charge in [0.05, 0.1) is 19.8 Å². The van der Waals surface area contributed by atoms with Crippen LogP contribution in [0.3, 0.4) is 0 Å². The number of amides is 1. The molecule has 1 aliphatic heterocycles. The number of methoxy groups -OCH3 is 1. The molecule has 4 aromatic rings. The van der Waals surface area contributed by atoms with Crippen LogP contribution in [0.1, 0.15) is 44.8 Å². The molecule has 0 spiro atoms. The van der Waals surface area contributed by atoms with Gasteiger partial charge in [-0.15, -0.1) is 10.2 Å². The summed E-state index contributed by atoms with van der Waals surface area (Å²) in [6.07, 6.45) is 1.79. The maximum atomic E-state index is 12.9. The van der Waals surface area contributed by atoms with Crippen molar-refractivity contribution in [2.24, 2.45) is 0 Å². The Bertz CT molecular complexity index is 1410. The molecule has 41 heavy (non-hydrogen) atoms. The Kier molecular flexibility index (Phi) is 9.38. The number of carbonyl (C=O) groups is 1. The summed E-state index contributed by atoms with van der Waals surface area (Å²) in [5.41, 5.74) is 2.98. The maximum Gasteiger partial charge on any atom is 0.220 e. The number of hydrogen-bond donors (Lipinski definition) is 1. The third-order valence-corrected chi connectivity index (χ3v) is 7.90. The number of nitrogens with zero attached hydrogens (tertiary/aromatic N) is 3. The number of aromatic nitrogens is 3. The van der Waals surface area contributed by atoms with E-state index in [4.69, 9.17) is 14.2 Å². The first-order valence-electron chi connectivity index (χ1n) is 13.9. The van der Waals surface area contributed by atoms with E-state index in [1.54, 1.807) is 18.9 Å². The van der Waals surface area contributed by atoms with Crippen LogP contribution in [-0.2, 0) is 14.3 Å². The third kappa shape index (κ3) is 7.35. The van der Waals surface area contributed by atoms with Gasteiger partial charge in [-0.3, -0.25) is 9.36 Å². The van der Waals surface area contributed by atoms with E-state index < -0.39 is 5.79 Å². The zero-order valence-electron chi connectivity index (χ0n) is 23.7. The van der Waals surface area contributed by atoms with Gasteiger partial charge in [0.15, 0.2) is 16.8 Å². The van der Waals surface area contributed by atoms with E-state index in [1.165, 1.54) is 0 Å². The van der Waals surface area contributed by atoms with Gasteiger partial charge in [-0.05, 0) is 56.5 Å². The normalized spacial score (nSPS) is 18.1. The molecule has 8 nitrogen and oxygen atoms in total. The zero-order chi connectivity index (χ0) is 28.7. The highest BCUT2D eigenvalue weighted by molar-refractivity contribution is 7.99. The van der Waals surface area contributed by atoms with E-state index in [0.29, 0.717) is 13.0 Å². The predicted octanol–water partition coefficient (Wildman–Crippen LogP) is 6.21. The highest BCUT2D eigenvalue weighted by Crippen LogP contribution is 2.33. The van der Waals surface area contributed by atoms with Crippen molar-refractivity contribution in [3.05, 3.63) is 90.5 Å². The number of thioether (sulfide) groups is 1. The van der Waals surface area contributed by atoms with E-state index in [2.05, 4.69) is 20.1 Å². The number of nitrogens with one attached hydrogen (secondary N) is 1. The van der Waals surface area contributed by atoms with Crippen LogP contribution in [0, 0.1) is 0 Å². The summed E-state index contributed by atoms with van der Waals surface area (Å²) >= 11 is 1.64. The minimum Gasteiger partial charge on any atom is -0.497 e. The van der Waals surface area contributed by atoms with E-state index in [9.17, 15) is 4.79 Å². The van der Waals surface area contributed by atoms with E-state index in [0.717, 1.165) is 52.1 Å². The lowest BCUT2D eigenvalue weighted by molar-refractivity contribution is -0.284. The number of carbonyl (C=O) groups excluding carboxylic acids is 1. The Morgan fingerprint density at radius 2 is 1.71 bits per heavy atom. The van der Waals surface area contributed by atoms with Crippen molar-refractivity contribution in [1.29, 1.82) is 0 Å². The summed E-state index contributed by atoms with van der Waals surface area (Å²) in [7, 11) is 1.66. The van der Waals surface area contributed by atoms with Gasteiger partial charge in [-0.1, -0.05) is 72.4 Å². The monoisotopic (exact) mass is 572 g/mol. The number of ether oxygens (including phenoxy) is 3. The van der Waals surface area contributed by atoms with Crippen LogP contribution in [0.2, 0.25) is 0 Å². The van der Waals surface area contributed by atoms with Crippen LogP contribution in [0.15, 0.2) is 90.1 Å². The molecule has 0 aliphatic carbocycles. The number of benzene rings is 3. The SMILES string of the molecule is COc1ccc(-n2c(SCCCCC(=O)NC3COC(C)(C)OC3c3ccccc3)nnc2-c2ccccc2)cc1. The van der Waals surface area contributed by atoms with Gasteiger partial charge >= 0.3 is 0 Å². The molecule has 1 N–H and O–H groups in total. The second kappa shape index (κ2) is 13.3. The number of unbranched alkanes of at least 4 members (excludes halogenated alkanes) is 1. The quantitative estimate of drug-likeness (QED) is 0.169. The molecule has 2 unspecified atom stereocenters. The maximum absolute atomic E-state index is 12.9. The van der Waals surface area contributed by atoms with Gasteiger partial charge in [0, 0.05) is 23.4 Å². The minimum absolute atomic E-state index is 0.000556. The first-order valence-corrected chi connectivity index (χ1v) is 14.9. The van der Waals surface area contributed by atoms with Crippen LogP contribution in [0.5, 0.6) is 5.75 Å². The van der Waals surface area contributed by atoms with E-state index >= 15 is 0 Å². The van der Waals surface area contributed by atoms with Gasteiger partial charge < -0.3 is 19.5 Å². The average Bonchev–Trinajstić information content (AvgIpc) is 3.42. The molecule has 3 aromatic carbocycles. The first kappa shape index (κ1) is 28.9. The predicted molar refractivity (Wildman–Crippen MR) is 160 cm³/mol. The molecule has 1 saturated heterocycles. The van der Waals surface area contributed by atoms with Crippen molar-refractivity contribution >= 4 is 17.7 Å². The Balaban J connectivity index is 1.17. The lowest BCUT2D eigenvalue weighted by Crippen LogP contribution is -2.51. The first-order chi connectivity index (χ1) is 19.9. The lowest BCUT2D eigenvalue weighted by atomic mass is 10.0. The zero-order valence-corrected chi connectivity index (χ0v) is 24.5. The fourth-order valence-electron chi connectivity index (χ4n) is 4.79. The van der Waals surface area contributed by atoms with Gasteiger partial charge in [0.25, 0.3) is 0 Å². The summed E-state index contributed by atoms with van der Waals surface area (Å²) in [5, 5.41) is 13.0. The molecule has 1 fully saturated rings. The molecule has 5 rings (SSSR count). The standard InChI is InChI=1S/C32H36N4O4S/c1-32(2)39-22-27(29(40-32)23-12-6-4-7-13-23)33-28(37)16-10-11-21-41-31-35-34-30(24-14-8-5-9-15-24)36(31)25-17-19-26(38-3)20-18-25/h4-9,12-15,17-20,27,29H,10-11,16,21-22H2,1-3H3,(H,33,37). The third-order valence-electron chi connectivity index (χ3n) is 6.89. The van der Waals surface area contributed by atoms with Crippen molar-refractivity contribution in [3.63, 3.8) is 0 Å². The fraction of sp³-hybridized carbons (Fsp3) is 0.344. The molecule has 1 amide bonds. The number of rotatable bonds is 11. The second-order valence-corrected chi connectivity index (χ2v) is 11.4. The lowest BCUT2D eigenvalue weighted by Gasteiger charge is -2.41. The van der Waals surface area contributed by atoms with Crippen molar-refractivity contribution in [2.45, 2.75) is 56.2 Å².